The van der Waals surface area contributed by atoms with Gasteiger partial charge in [-0.3, -0.25) is 10.3 Å². The van der Waals surface area contributed by atoms with Crippen molar-refractivity contribution in [3.63, 3.8) is 0 Å². The SMILES string of the molecule is CCNC(=O)Nc1nc2cccnc2cc1-c1ccccc1. The summed E-state index contributed by atoms with van der Waals surface area (Å²) in [6.07, 6.45) is 1.73. The molecule has 5 heteroatoms. The zero-order chi connectivity index (χ0) is 15.4. The number of urea groups is 1. The van der Waals surface area contributed by atoms with Crippen LogP contribution >= 0.6 is 0 Å². The van der Waals surface area contributed by atoms with Crippen LogP contribution in [0, 0.1) is 0 Å². The minimum absolute atomic E-state index is 0.268. The van der Waals surface area contributed by atoms with Gasteiger partial charge in [0, 0.05) is 18.3 Å². The second kappa shape index (κ2) is 6.22. The Kier molecular flexibility index (Phi) is 3.96. The van der Waals surface area contributed by atoms with Crippen molar-refractivity contribution in [2.24, 2.45) is 0 Å². The molecular weight excluding hydrogens is 276 g/mol. The van der Waals surface area contributed by atoms with Crippen LogP contribution in [-0.2, 0) is 0 Å². The van der Waals surface area contributed by atoms with E-state index in [4.69, 9.17) is 0 Å². The number of fused-ring (bicyclic) bond motifs is 1. The number of hydrogen-bond acceptors (Lipinski definition) is 3. The van der Waals surface area contributed by atoms with Crippen LogP contribution in [0.2, 0.25) is 0 Å². The average Bonchev–Trinajstić information content (AvgIpc) is 2.55. The van der Waals surface area contributed by atoms with Gasteiger partial charge in [-0.15, -0.1) is 0 Å². The summed E-state index contributed by atoms with van der Waals surface area (Å²) in [6, 6.07) is 15.2. The highest BCUT2D eigenvalue weighted by Gasteiger charge is 2.12. The molecule has 3 rings (SSSR count). The summed E-state index contributed by atoms with van der Waals surface area (Å²) in [5.74, 6) is 0.526. The van der Waals surface area contributed by atoms with Gasteiger partial charge in [-0.1, -0.05) is 30.3 Å². The Bertz CT molecular complexity index is 802. The Morgan fingerprint density at radius 3 is 2.68 bits per heavy atom. The molecule has 0 atom stereocenters. The van der Waals surface area contributed by atoms with Gasteiger partial charge < -0.3 is 5.32 Å². The molecule has 0 aliphatic carbocycles. The van der Waals surface area contributed by atoms with Gasteiger partial charge >= 0.3 is 6.03 Å². The van der Waals surface area contributed by atoms with E-state index in [2.05, 4.69) is 20.6 Å². The van der Waals surface area contributed by atoms with Crippen molar-refractivity contribution in [2.45, 2.75) is 6.92 Å². The Morgan fingerprint density at radius 2 is 1.91 bits per heavy atom. The molecule has 3 aromatic rings. The van der Waals surface area contributed by atoms with Gasteiger partial charge in [0.2, 0.25) is 0 Å². The van der Waals surface area contributed by atoms with Gasteiger partial charge in [0.25, 0.3) is 0 Å². The molecule has 0 aliphatic heterocycles. The van der Waals surface area contributed by atoms with Crippen LogP contribution in [0.3, 0.4) is 0 Å². The van der Waals surface area contributed by atoms with Gasteiger partial charge in [-0.2, -0.15) is 0 Å². The van der Waals surface area contributed by atoms with Crippen molar-refractivity contribution in [2.75, 3.05) is 11.9 Å². The van der Waals surface area contributed by atoms with E-state index in [0.29, 0.717) is 12.4 Å². The maximum Gasteiger partial charge on any atom is 0.320 e. The predicted octanol–water partition coefficient (Wildman–Crippen LogP) is 3.44. The summed E-state index contributed by atoms with van der Waals surface area (Å²) in [5, 5.41) is 5.53. The lowest BCUT2D eigenvalue weighted by Crippen LogP contribution is -2.28. The number of rotatable bonds is 3. The first kappa shape index (κ1) is 14.0. The molecule has 0 saturated heterocycles. The van der Waals surface area contributed by atoms with Crippen molar-refractivity contribution < 1.29 is 4.79 Å². The summed E-state index contributed by atoms with van der Waals surface area (Å²) in [7, 11) is 0. The molecule has 0 bridgehead atoms. The average molecular weight is 292 g/mol. The standard InChI is InChI=1S/C17H16N4O/c1-2-18-17(22)21-16-13(12-7-4-3-5-8-12)11-15-14(20-16)9-6-10-19-15/h3-11H,2H2,1H3,(H2,18,20,21,22). The molecule has 5 nitrogen and oxygen atoms in total. The summed E-state index contributed by atoms with van der Waals surface area (Å²) in [4.78, 5) is 20.7. The summed E-state index contributed by atoms with van der Waals surface area (Å²) < 4.78 is 0. The highest BCUT2D eigenvalue weighted by atomic mass is 16.2. The molecule has 2 aromatic heterocycles. The molecule has 1 aromatic carbocycles. The maximum atomic E-state index is 11.9. The van der Waals surface area contributed by atoms with Crippen LogP contribution in [0.25, 0.3) is 22.2 Å². The first-order chi connectivity index (χ1) is 10.8. The van der Waals surface area contributed by atoms with Gasteiger partial charge in [-0.25, -0.2) is 9.78 Å². The molecule has 2 amide bonds. The third-order valence-corrected chi connectivity index (χ3v) is 3.24. The molecular formula is C17H16N4O. The van der Waals surface area contributed by atoms with E-state index in [1.165, 1.54) is 0 Å². The quantitative estimate of drug-likeness (QED) is 0.777. The summed E-state index contributed by atoms with van der Waals surface area (Å²) in [6.45, 7) is 2.43. The van der Waals surface area contributed by atoms with E-state index < -0.39 is 0 Å². The van der Waals surface area contributed by atoms with Crippen molar-refractivity contribution >= 4 is 22.9 Å². The molecule has 0 saturated carbocycles. The van der Waals surface area contributed by atoms with Gasteiger partial charge in [0.05, 0.1) is 11.0 Å². The predicted molar refractivity (Wildman–Crippen MR) is 87.7 cm³/mol. The summed E-state index contributed by atoms with van der Waals surface area (Å²) >= 11 is 0. The molecule has 22 heavy (non-hydrogen) atoms. The molecule has 2 heterocycles. The van der Waals surface area contributed by atoms with E-state index in [9.17, 15) is 4.79 Å². The van der Waals surface area contributed by atoms with E-state index in [-0.39, 0.29) is 6.03 Å². The Morgan fingerprint density at radius 1 is 1.09 bits per heavy atom. The van der Waals surface area contributed by atoms with Crippen LogP contribution in [0.4, 0.5) is 10.6 Å². The van der Waals surface area contributed by atoms with Crippen LogP contribution in [-0.4, -0.2) is 22.5 Å². The fraction of sp³-hybridized carbons (Fsp3) is 0.118. The van der Waals surface area contributed by atoms with Gasteiger partial charge in [0.15, 0.2) is 0 Å². The van der Waals surface area contributed by atoms with Crippen LogP contribution in [0.5, 0.6) is 0 Å². The second-order valence-corrected chi connectivity index (χ2v) is 4.78. The number of hydrogen-bond donors (Lipinski definition) is 2. The van der Waals surface area contributed by atoms with Crippen LogP contribution in [0.1, 0.15) is 6.92 Å². The van der Waals surface area contributed by atoms with E-state index >= 15 is 0 Å². The maximum absolute atomic E-state index is 11.9. The first-order valence-electron chi connectivity index (χ1n) is 7.14. The van der Waals surface area contributed by atoms with Crippen molar-refractivity contribution in [3.8, 4) is 11.1 Å². The summed E-state index contributed by atoms with van der Waals surface area (Å²) in [5.41, 5.74) is 3.36. The molecule has 0 spiro atoms. The number of carbonyl (C=O) groups excluding carboxylic acids is 1. The largest absolute Gasteiger partial charge is 0.338 e. The number of carbonyl (C=O) groups is 1. The van der Waals surface area contributed by atoms with Crippen LogP contribution < -0.4 is 10.6 Å². The molecule has 0 unspecified atom stereocenters. The number of benzene rings is 1. The molecule has 110 valence electrons. The molecule has 0 fully saturated rings. The fourth-order valence-corrected chi connectivity index (χ4v) is 2.25. The monoisotopic (exact) mass is 292 g/mol. The lowest BCUT2D eigenvalue weighted by Gasteiger charge is -2.12. The van der Waals surface area contributed by atoms with Crippen molar-refractivity contribution in [3.05, 3.63) is 54.7 Å². The third-order valence-electron chi connectivity index (χ3n) is 3.24. The number of nitrogens with one attached hydrogen (secondary N) is 2. The Balaban J connectivity index is 2.12. The zero-order valence-corrected chi connectivity index (χ0v) is 12.2. The van der Waals surface area contributed by atoms with E-state index in [0.717, 1.165) is 22.2 Å². The van der Waals surface area contributed by atoms with Crippen molar-refractivity contribution in [1.29, 1.82) is 0 Å². The fourth-order valence-electron chi connectivity index (χ4n) is 2.25. The lowest BCUT2D eigenvalue weighted by molar-refractivity contribution is 0.252. The molecule has 2 N–H and O–H groups in total. The smallest absolute Gasteiger partial charge is 0.320 e. The lowest BCUT2D eigenvalue weighted by atomic mass is 10.1. The van der Waals surface area contributed by atoms with E-state index in [1.54, 1.807) is 6.20 Å². The third kappa shape index (κ3) is 2.88. The topological polar surface area (TPSA) is 66.9 Å². The minimum Gasteiger partial charge on any atom is -0.338 e. The number of aromatic nitrogens is 2. The van der Waals surface area contributed by atoms with Crippen LogP contribution in [0.15, 0.2) is 54.7 Å². The number of pyridine rings is 2. The van der Waals surface area contributed by atoms with Gasteiger partial charge in [-0.05, 0) is 30.7 Å². The Labute approximate surface area is 128 Å². The zero-order valence-electron chi connectivity index (χ0n) is 12.2. The Hall–Kier alpha value is -2.95. The first-order valence-corrected chi connectivity index (χ1v) is 7.14. The molecule has 0 aliphatic rings. The number of amides is 2. The second-order valence-electron chi connectivity index (χ2n) is 4.78. The van der Waals surface area contributed by atoms with E-state index in [1.807, 2.05) is 55.5 Å². The highest BCUT2D eigenvalue weighted by molar-refractivity contribution is 5.96. The highest BCUT2D eigenvalue weighted by Crippen LogP contribution is 2.29. The normalized spacial score (nSPS) is 10.4. The van der Waals surface area contributed by atoms with Crippen molar-refractivity contribution in [1.82, 2.24) is 15.3 Å². The number of anilines is 1. The van der Waals surface area contributed by atoms with Gasteiger partial charge in [0.1, 0.15) is 5.82 Å². The molecule has 0 radical (unpaired) electrons. The minimum atomic E-state index is -0.268. The number of nitrogens with zero attached hydrogens (tertiary/aromatic N) is 2.